The van der Waals surface area contributed by atoms with E-state index in [9.17, 15) is 13.2 Å². The molecule has 8 heteroatoms. The first-order chi connectivity index (χ1) is 12.9. The highest BCUT2D eigenvalue weighted by Crippen LogP contribution is 2.28. The number of nitrogens with zero attached hydrogens (tertiary/aromatic N) is 1. The molecule has 0 amide bonds. The van der Waals surface area contributed by atoms with Gasteiger partial charge in [-0.2, -0.15) is 4.31 Å². The summed E-state index contributed by atoms with van der Waals surface area (Å²) in [5.74, 6) is 0.0868. The molecule has 146 valence electrons. The molecular formula is C19H23NO5S2. The van der Waals surface area contributed by atoms with Crippen molar-refractivity contribution in [2.24, 2.45) is 0 Å². The molecule has 2 aromatic rings. The van der Waals surface area contributed by atoms with Crippen molar-refractivity contribution in [3.63, 3.8) is 0 Å². The van der Waals surface area contributed by atoms with Gasteiger partial charge in [0.05, 0.1) is 0 Å². The monoisotopic (exact) mass is 409 g/mol. The number of esters is 1. The number of hydrogen-bond donors (Lipinski definition) is 0. The van der Waals surface area contributed by atoms with E-state index in [1.54, 1.807) is 5.38 Å². The SMILES string of the molecule is Cc1cc(C)cc(OCCOC(=O)c2sccc2S(=O)(=O)N2CCCC2)c1. The Labute approximate surface area is 163 Å². The first kappa shape index (κ1) is 19.9. The Kier molecular flexibility index (Phi) is 6.18. The average Bonchev–Trinajstić information content (AvgIpc) is 3.29. The molecule has 0 atom stereocenters. The minimum absolute atomic E-state index is 0.0367. The maximum atomic E-state index is 12.7. The second-order valence-corrected chi connectivity index (χ2v) is 9.36. The first-order valence-electron chi connectivity index (χ1n) is 8.84. The summed E-state index contributed by atoms with van der Waals surface area (Å²) in [7, 11) is -3.64. The van der Waals surface area contributed by atoms with Crippen LogP contribution in [0.4, 0.5) is 0 Å². The van der Waals surface area contributed by atoms with Crippen molar-refractivity contribution in [2.75, 3.05) is 26.3 Å². The number of aryl methyl sites for hydroxylation is 2. The lowest BCUT2D eigenvalue weighted by Crippen LogP contribution is -2.28. The van der Waals surface area contributed by atoms with Gasteiger partial charge < -0.3 is 9.47 Å². The van der Waals surface area contributed by atoms with Crippen LogP contribution in [0.1, 0.15) is 33.6 Å². The lowest BCUT2D eigenvalue weighted by atomic mass is 10.1. The quantitative estimate of drug-likeness (QED) is 0.518. The van der Waals surface area contributed by atoms with Crippen molar-refractivity contribution in [3.8, 4) is 5.75 Å². The zero-order valence-corrected chi connectivity index (χ0v) is 17.1. The lowest BCUT2D eigenvalue weighted by Gasteiger charge is -2.15. The fourth-order valence-corrected chi connectivity index (χ4v) is 5.89. The first-order valence-corrected chi connectivity index (χ1v) is 11.2. The van der Waals surface area contributed by atoms with E-state index in [0.29, 0.717) is 13.1 Å². The lowest BCUT2D eigenvalue weighted by molar-refractivity contribution is 0.0452. The minimum atomic E-state index is -3.64. The van der Waals surface area contributed by atoms with Gasteiger partial charge in [0.25, 0.3) is 0 Å². The predicted molar refractivity (Wildman–Crippen MR) is 104 cm³/mol. The standard InChI is InChI=1S/C19H23NO5S2/c1-14-11-15(2)13-16(12-14)24-8-9-25-19(21)18-17(5-10-26-18)27(22,23)20-6-3-4-7-20/h5,10-13H,3-4,6-9H2,1-2H3. The molecule has 0 radical (unpaired) electrons. The van der Waals surface area contributed by atoms with E-state index in [1.165, 1.54) is 10.4 Å². The number of benzene rings is 1. The molecule has 1 aromatic heterocycles. The molecule has 27 heavy (non-hydrogen) atoms. The zero-order valence-electron chi connectivity index (χ0n) is 15.4. The van der Waals surface area contributed by atoms with Gasteiger partial charge in [0.15, 0.2) is 0 Å². The van der Waals surface area contributed by atoms with E-state index in [1.807, 2.05) is 32.0 Å². The van der Waals surface area contributed by atoms with Crippen molar-refractivity contribution >= 4 is 27.3 Å². The van der Waals surface area contributed by atoms with E-state index in [4.69, 9.17) is 9.47 Å². The van der Waals surface area contributed by atoms with E-state index in [-0.39, 0.29) is 23.0 Å². The Bertz CT molecular complexity index is 894. The Morgan fingerprint density at radius 3 is 2.44 bits per heavy atom. The van der Waals surface area contributed by atoms with Crippen molar-refractivity contribution in [2.45, 2.75) is 31.6 Å². The van der Waals surface area contributed by atoms with Crippen LogP contribution >= 0.6 is 11.3 Å². The molecule has 2 heterocycles. The number of ether oxygens (including phenoxy) is 2. The summed E-state index contributed by atoms with van der Waals surface area (Å²) in [6.45, 7) is 5.21. The molecule has 6 nitrogen and oxygen atoms in total. The Morgan fingerprint density at radius 2 is 1.78 bits per heavy atom. The normalized spacial score (nSPS) is 15.0. The number of carbonyl (C=O) groups excluding carboxylic acids is 1. The van der Waals surface area contributed by atoms with Crippen LogP contribution in [-0.2, 0) is 14.8 Å². The molecule has 3 rings (SSSR count). The molecule has 0 bridgehead atoms. The molecule has 0 unspecified atom stereocenters. The maximum Gasteiger partial charge on any atom is 0.349 e. The Morgan fingerprint density at radius 1 is 1.11 bits per heavy atom. The van der Waals surface area contributed by atoms with E-state index in [0.717, 1.165) is 41.1 Å². The summed E-state index contributed by atoms with van der Waals surface area (Å²) in [6, 6.07) is 7.34. The van der Waals surface area contributed by atoms with Crippen molar-refractivity contribution in [1.29, 1.82) is 0 Å². The van der Waals surface area contributed by atoms with Crippen LogP contribution in [0.25, 0.3) is 0 Å². The van der Waals surface area contributed by atoms with Gasteiger partial charge in [-0.3, -0.25) is 0 Å². The second kappa shape index (κ2) is 8.41. The topological polar surface area (TPSA) is 72.9 Å². The van der Waals surface area contributed by atoms with Gasteiger partial charge in [0.1, 0.15) is 28.7 Å². The highest BCUT2D eigenvalue weighted by molar-refractivity contribution is 7.89. The van der Waals surface area contributed by atoms with Gasteiger partial charge >= 0.3 is 5.97 Å². The van der Waals surface area contributed by atoms with Crippen LogP contribution < -0.4 is 4.74 Å². The minimum Gasteiger partial charge on any atom is -0.490 e. The molecule has 1 aliphatic heterocycles. The van der Waals surface area contributed by atoms with Crippen molar-refractivity contribution < 1.29 is 22.7 Å². The van der Waals surface area contributed by atoms with E-state index in [2.05, 4.69) is 0 Å². The van der Waals surface area contributed by atoms with Gasteiger partial charge in [-0.05, 0) is 61.4 Å². The van der Waals surface area contributed by atoms with Gasteiger partial charge in [-0.1, -0.05) is 6.07 Å². The summed E-state index contributed by atoms with van der Waals surface area (Å²) in [5.41, 5.74) is 2.19. The van der Waals surface area contributed by atoms with Crippen LogP contribution in [0.5, 0.6) is 5.75 Å². The fourth-order valence-electron chi connectivity index (χ4n) is 3.09. The fraction of sp³-hybridized carbons (Fsp3) is 0.421. The highest BCUT2D eigenvalue weighted by atomic mass is 32.2. The largest absolute Gasteiger partial charge is 0.490 e. The van der Waals surface area contributed by atoms with Crippen LogP contribution in [0.2, 0.25) is 0 Å². The molecule has 0 spiro atoms. The summed E-state index contributed by atoms with van der Waals surface area (Å²) < 4.78 is 37.7. The molecule has 0 saturated carbocycles. The Balaban J connectivity index is 1.58. The molecule has 1 aliphatic rings. The number of hydrogen-bond acceptors (Lipinski definition) is 6. The summed E-state index contributed by atoms with van der Waals surface area (Å²) >= 11 is 1.08. The zero-order chi connectivity index (χ0) is 19.4. The van der Waals surface area contributed by atoms with Crippen LogP contribution in [0.15, 0.2) is 34.5 Å². The number of rotatable bonds is 7. The van der Waals surface area contributed by atoms with Gasteiger partial charge in [-0.15, -0.1) is 11.3 Å². The van der Waals surface area contributed by atoms with Gasteiger partial charge in [-0.25, -0.2) is 13.2 Å². The number of carbonyl (C=O) groups is 1. The molecule has 1 fully saturated rings. The van der Waals surface area contributed by atoms with Crippen LogP contribution in [-0.4, -0.2) is 45.0 Å². The predicted octanol–water partition coefficient (Wildman–Crippen LogP) is 3.39. The average molecular weight is 410 g/mol. The third-order valence-electron chi connectivity index (χ3n) is 4.28. The molecule has 0 N–H and O–H groups in total. The third kappa shape index (κ3) is 4.69. The molecule has 0 aliphatic carbocycles. The molecule has 1 aromatic carbocycles. The maximum absolute atomic E-state index is 12.7. The highest BCUT2D eigenvalue weighted by Gasteiger charge is 2.32. The summed E-state index contributed by atoms with van der Waals surface area (Å²) in [4.78, 5) is 12.5. The van der Waals surface area contributed by atoms with E-state index >= 15 is 0 Å². The van der Waals surface area contributed by atoms with Gasteiger partial charge in [0.2, 0.25) is 10.0 Å². The number of thiophene rings is 1. The smallest absolute Gasteiger partial charge is 0.349 e. The van der Waals surface area contributed by atoms with Crippen LogP contribution in [0, 0.1) is 13.8 Å². The van der Waals surface area contributed by atoms with Crippen LogP contribution in [0.3, 0.4) is 0 Å². The van der Waals surface area contributed by atoms with Crippen molar-refractivity contribution in [1.82, 2.24) is 4.31 Å². The summed E-state index contributed by atoms with van der Waals surface area (Å²) in [5, 5.41) is 1.60. The molecule has 1 saturated heterocycles. The van der Waals surface area contributed by atoms with Crippen molar-refractivity contribution in [3.05, 3.63) is 45.6 Å². The second-order valence-electron chi connectivity index (χ2n) is 6.53. The third-order valence-corrected chi connectivity index (χ3v) is 7.24. The number of sulfonamides is 1. The Hall–Kier alpha value is -1.90. The van der Waals surface area contributed by atoms with Gasteiger partial charge in [0, 0.05) is 13.1 Å². The summed E-state index contributed by atoms with van der Waals surface area (Å²) in [6.07, 6.45) is 1.69. The molecular weight excluding hydrogens is 386 g/mol. The van der Waals surface area contributed by atoms with E-state index < -0.39 is 16.0 Å².